The van der Waals surface area contributed by atoms with E-state index in [4.69, 9.17) is 10.6 Å². The summed E-state index contributed by atoms with van der Waals surface area (Å²) in [6.07, 6.45) is 0. The Morgan fingerprint density at radius 3 is 3.24 bits per heavy atom. The summed E-state index contributed by atoms with van der Waals surface area (Å²) in [5.74, 6) is 5.97. The number of ether oxygens (including phenoxy) is 1. The lowest BCUT2D eigenvalue weighted by Gasteiger charge is -2.34. The molecular formula is C11H18N4O2. The van der Waals surface area contributed by atoms with E-state index in [1.165, 1.54) is 0 Å². The molecule has 0 aliphatic carbocycles. The quantitative estimate of drug-likeness (QED) is 0.487. The van der Waals surface area contributed by atoms with E-state index in [1.807, 2.05) is 18.2 Å². The maximum atomic E-state index is 9.27. The van der Waals surface area contributed by atoms with E-state index in [1.54, 1.807) is 0 Å². The van der Waals surface area contributed by atoms with Crippen molar-refractivity contribution in [3.63, 3.8) is 0 Å². The van der Waals surface area contributed by atoms with Crippen LogP contribution in [0.4, 0.5) is 5.82 Å². The first-order valence-electron chi connectivity index (χ1n) is 5.68. The summed E-state index contributed by atoms with van der Waals surface area (Å²) in [5.41, 5.74) is 3.46. The molecule has 0 aromatic carbocycles. The maximum Gasteiger partial charge on any atom is 0.140 e. The largest absolute Gasteiger partial charge is 0.395 e. The van der Waals surface area contributed by atoms with E-state index >= 15 is 0 Å². The van der Waals surface area contributed by atoms with Crippen molar-refractivity contribution in [1.29, 1.82) is 0 Å². The summed E-state index contributed by atoms with van der Waals surface area (Å²) in [6.45, 7) is 2.89. The molecule has 0 radical (unpaired) electrons. The van der Waals surface area contributed by atoms with Crippen molar-refractivity contribution < 1.29 is 9.84 Å². The highest BCUT2D eigenvalue weighted by molar-refractivity contribution is 5.33. The second-order valence-corrected chi connectivity index (χ2v) is 4.04. The number of pyridine rings is 1. The number of morpholine rings is 1. The zero-order chi connectivity index (χ0) is 12.1. The Balaban J connectivity index is 2.02. The molecule has 6 nitrogen and oxygen atoms in total. The van der Waals surface area contributed by atoms with Gasteiger partial charge < -0.3 is 15.3 Å². The van der Waals surface area contributed by atoms with Crippen LogP contribution in [-0.2, 0) is 11.3 Å². The lowest BCUT2D eigenvalue weighted by Crippen LogP contribution is -2.46. The summed E-state index contributed by atoms with van der Waals surface area (Å²) < 4.78 is 5.33. The maximum absolute atomic E-state index is 9.27. The molecule has 1 fully saturated rings. The van der Waals surface area contributed by atoms with Gasteiger partial charge in [0, 0.05) is 13.1 Å². The van der Waals surface area contributed by atoms with Crippen LogP contribution in [0.1, 0.15) is 5.69 Å². The molecule has 0 amide bonds. The van der Waals surface area contributed by atoms with E-state index in [9.17, 15) is 5.11 Å². The molecule has 1 aliphatic rings. The molecule has 0 spiro atoms. The summed E-state index contributed by atoms with van der Waals surface area (Å²) in [4.78, 5) is 6.53. The first kappa shape index (κ1) is 12.3. The van der Waals surface area contributed by atoms with Crippen molar-refractivity contribution in [2.75, 3.05) is 31.8 Å². The van der Waals surface area contributed by atoms with Gasteiger partial charge in [-0.25, -0.2) is 10.8 Å². The number of anilines is 1. The van der Waals surface area contributed by atoms with Gasteiger partial charge in [0.15, 0.2) is 0 Å². The summed E-state index contributed by atoms with van der Waals surface area (Å²) in [7, 11) is 0. The molecule has 6 heteroatoms. The SMILES string of the molecule is NNc1cccc(CN2CCOCC2CO)n1. The average molecular weight is 238 g/mol. The third-order valence-corrected chi connectivity index (χ3v) is 2.88. The molecular weight excluding hydrogens is 220 g/mol. The Bertz CT molecular complexity index is 361. The molecule has 17 heavy (non-hydrogen) atoms. The number of aromatic nitrogens is 1. The lowest BCUT2D eigenvalue weighted by atomic mass is 10.2. The highest BCUT2D eigenvalue weighted by Crippen LogP contribution is 2.12. The van der Waals surface area contributed by atoms with Crippen LogP contribution < -0.4 is 11.3 Å². The van der Waals surface area contributed by atoms with Crippen molar-refractivity contribution in [1.82, 2.24) is 9.88 Å². The highest BCUT2D eigenvalue weighted by Gasteiger charge is 2.22. The fourth-order valence-electron chi connectivity index (χ4n) is 1.92. The van der Waals surface area contributed by atoms with Crippen molar-refractivity contribution in [3.05, 3.63) is 23.9 Å². The zero-order valence-electron chi connectivity index (χ0n) is 9.67. The van der Waals surface area contributed by atoms with Gasteiger partial charge in [-0.15, -0.1) is 0 Å². The summed E-state index contributed by atoms with van der Waals surface area (Å²) in [5, 5.41) is 9.27. The number of nitrogens with two attached hydrogens (primary N) is 1. The van der Waals surface area contributed by atoms with Crippen LogP contribution >= 0.6 is 0 Å². The first-order chi connectivity index (χ1) is 8.33. The Labute approximate surface area is 100 Å². The third-order valence-electron chi connectivity index (χ3n) is 2.88. The van der Waals surface area contributed by atoms with Crippen LogP contribution in [0.3, 0.4) is 0 Å². The second-order valence-electron chi connectivity index (χ2n) is 4.04. The molecule has 4 N–H and O–H groups in total. The number of hydrazine groups is 1. The molecule has 1 atom stereocenters. The Hall–Kier alpha value is -1.21. The number of aliphatic hydroxyl groups is 1. The van der Waals surface area contributed by atoms with Crippen molar-refractivity contribution in [2.45, 2.75) is 12.6 Å². The van der Waals surface area contributed by atoms with E-state index in [2.05, 4.69) is 15.3 Å². The number of hydrogen-bond donors (Lipinski definition) is 3. The number of rotatable bonds is 4. The van der Waals surface area contributed by atoms with Crippen LogP contribution in [0.25, 0.3) is 0 Å². The van der Waals surface area contributed by atoms with Crippen molar-refractivity contribution in [2.24, 2.45) is 5.84 Å². The van der Waals surface area contributed by atoms with Gasteiger partial charge in [-0.1, -0.05) is 6.07 Å². The lowest BCUT2D eigenvalue weighted by molar-refractivity contribution is -0.0317. The third kappa shape index (κ3) is 3.13. The van der Waals surface area contributed by atoms with E-state index < -0.39 is 0 Å². The molecule has 1 saturated heterocycles. The van der Waals surface area contributed by atoms with Crippen molar-refractivity contribution in [3.8, 4) is 0 Å². The van der Waals surface area contributed by atoms with Gasteiger partial charge in [-0.05, 0) is 12.1 Å². The molecule has 94 valence electrons. The number of hydrogen-bond acceptors (Lipinski definition) is 6. The van der Waals surface area contributed by atoms with E-state index in [-0.39, 0.29) is 12.6 Å². The summed E-state index contributed by atoms with van der Waals surface area (Å²) >= 11 is 0. The molecule has 0 saturated carbocycles. The van der Waals surface area contributed by atoms with Crippen molar-refractivity contribution >= 4 is 5.82 Å². The van der Waals surface area contributed by atoms with Gasteiger partial charge in [-0.2, -0.15) is 0 Å². The molecule has 1 aliphatic heterocycles. The van der Waals surface area contributed by atoms with Gasteiger partial charge >= 0.3 is 0 Å². The van der Waals surface area contributed by atoms with Crippen LogP contribution in [0.15, 0.2) is 18.2 Å². The number of nitrogen functional groups attached to an aromatic ring is 1. The fraction of sp³-hybridized carbons (Fsp3) is 0.545. The minimum atomic E-state index is 0.0556. The van der Waals surface area contributed by atoms with Gasteiger partial charge in [0.05, 0.1) is 31.6 Å². The summed E-state index contributed by atoms with van der Waals surface area (Å²) in [6, 6.07) is 5.73. The highest BCUT2D eigenvalue weighted by atomic mass is 16.5. The fourth-order valence-corrected chi connectivity index (χ4v) is 1.92. The van der Waals surface area contributed by atoms with E-state index in [0.717, 1.165) is 12.2 Å². The Kier molecular flexibility index (Phi) is 4.27. The Morgan fingerprint density at radius 1 is 1.59 bits per heavy atom. The van der Waals surface area contributed by atoms with Crippen LogP contribution in [0.2, 0.25) is 0 Å². The molecule has 1 aromatic rings. The van der Waals surface area contributed by atoms with Gasteiger partial charge in [0.2, 0.25) is 0 Å². The molecule has 2 rings (SSSR count). The predicted octanol–water partition coefficient (Wildman–Crippen LogP) is -0.440. The smallest absolute Gasteiger partial charge is 0.140 e. The topological polar surface area (TPSA) is 83.6 Å². The molecule has 0 bridgehead atoms. The first-order valence-corrected chi connectivity index (χ1v) is 5.68. The Morgan fingerprint density at radius 2 is 2.47 bits per heavy atom. The molecule has 2 heterocycles. The monoisotopic (exact) mass is 238 g/mol. The minimum Gasteiger partial charge on any atom is -0.395 e. The molecule has 1 aromatic heterocycles. The number of nitrogens with one attached hydrogen (secondary N) is 1. The normalized spacial score (nSPS) is 21.4. The standard InChI is InChI=1S/C11H18N4O2/c12-14-11-3-1-2-9(13-11)6-15-4-5-17-8-10(15)7-16/h1-3,10,16H,4-8,12H2,(H,13,14). The predicted molar refractivity (Wildman–Crippen MR) is 64.1 cm³/mol. The van der Waals surface area contributed by atoms with Gasteiger partial charge in [-0.3, -0.25) is 4.90 Å². The van der Waals surface area contributed by atoms with Crippen LogP contribution in [0, 0.1) is 0 Å². The van der Waals surface area contributed by atoms with Gasteiger partial charge in [0.1, 0.15) is 5.82 Å². The number of nitrogens with zero attached hydrogens (tertiary/aromatic N) is 2. The molecule has 1 unspecified atom stereocenters. The van der Waals surface area contributed by atoms with Crippen LogP contribution in [0.5, 0.6) is 0 Å². The van der Waals surface area contributed by atoms with E-state index in [0.29, 0.717) is 25.6 Å². The minimum absolute atomic E-state index is 0.0556. The van der Waals surface area contributed by atoms with Crippen LogP contribution in [-0.4, -0.2) is 47.4 Å². The second kappa shape index (κ2) is 5.92. The average Bonchev–Trinajstić information content (AvgIpc) is 2.39. The number of aliphatic hydroxyl groups excluding tert-OH is 1. The van der Waals surface area contributed by atoms with Gasteiger partial charge in [0.25, 0.3) is 0 Å². The zero-order valence-corrected chi connectivity index (χ0v) is 9.67.